The number of piperidine rings is 1. The molecule has 2 rings (SSSR count). The third-order valence-corrected chi connectivity index (χ3v) is 4.29. The van der Waals surface area contributed by atoms with Gasteiger partial charge in [0.15, 0.2) is 0 Å². The van der Waals surface area contributed by atoms with E-state index in [0.29, 0.717) is 0 Å². The van der Waals surface area contributed by atoms with Crippen molar-refractivity contribution in [3.63, 3.8) is 0 Å². The Morgan fingerprint density at radius 1 is 1.42 bits per heavy atom. The second-order valence-electron chi connectivity index (χ2n) is 5.50. The minimum absolute atomic E-state index is 0.722. The van der Waals surface area contributed by atoms with Gasteiger partial charge >= 0.3 is 0 Å². The fourth-order valence-electron chi connectivity index (χ4n) is 2.61. The van der Waals surface area contributed by atoms with Crippen LogP contribution in [0.4, 0.5) is 5.69 Å². The van der Waals surface area contributed by atoms with Crippen LogP contribution in [0.5, 0.6) is 0 Å². The van der Waals surface area contributed by atoms with Crippen molar-refractivity contribution < 1.29 is 0 Å². The molecule has 1 N–H and O–H groups in total. The minimum atomic E-state index is 0.722. The first-order valence-electron chi connectivity index (χ1n) is 7.03. The zero-order chi connectivity index (χ0) is 13.7. The Morgan fingerprint density at radius 3 is 3.00 bits per heavy atom. The molecule has 4 heteroatoms. The Morgan fingerprint density at radius 2 is 2.26 bits per heavy atom. The second-order valence-corrected chi connectivity index (χ2v) is 6.41. The number of likely N-dealkylation sites (tertiary alicyclic amines) is 1. The summed E-state index contributed by atoms with van der Waals surface area (Å²) in [6.07, 6.45) is 2.66. The molecule has 1 saturated heterocycles. The molecule has 0 amide bonds. The molecule has 19 heavy (non-hydrogen) atoms. The molecule has 1 fully saturated rings. The molecule has 106 valence electrons. The van der Waals surface area contributed by atoms with E-state index in [1.807, 2.05) is 0 Å². The summed E-state index contributed by atoms with van der Waals surface area (Å²) in [5.41, 5.74) is 1.19. The number of halogens is 1. The van der Waals surface area contributed by atoms with E-state index in [-0.39, 0.29) is 0 Å². The molecule has 3 nitrogen and oxygen atoms in total. The number of likely N-dealkylation sites (N-methyl/N-ethyl adjacent to an activating group) is 1. The molecule has 1 aromatic rings. The lowest BCUT2D eigenvalue weighted by Gasteiger charge is -2.36. The first-order chi connectivity index (χ1) is 9.15. The van der Waals surface area contributed by atoms with Crippen LogP contribution in [0.3, 0.4) is 0 Å². The van der Waals surface area contributed by atoms with Crippen LogP contribution < -0.4 is 5.32 Å². The fraction of sp³-hybridized carbons (Fsp3) is 0.600. The van der Waals surface area contributed by atoms with Crippen molar-refractivity contribution in [1.29, 1.82) is 0 Å². The van der Waals surface area contributed by atoms with Crippen molar-refractivity contribution in [2.45, 2.75) is 18.9 Å². The van der Waals surface area contributed by atoms with Crippen LogP contribution in [0.2, 0.25) is 0 Å². The van der Waals surface area contributed by atoms with Crippen LogP contribution in [0, 0.1) is 0 Å². The van der Waals surface area contributed by atoms with E-state index in [2.05, 4.69) is 69.4 Å². The van der Waals surface area contributed by atoms with Crippen molar-refractivity contribution in [3.05, 3.63) is 28.7 Å². The van der Waals surface area contributed by atoms with Crippen LogP contribution in [0.25, 0.3) is 0 Å². The first-order valence-corrected chi connectivity index (χ1v) is 7.82. The highest BCUT2D eigenvalue weighted by Gasteiger charge is 2.20. The maximum atomic E-state index is 3.50. The van der Waals surface area contributed by atoms with E-state index in [9.17, 15) is 0 Å². The van der Waals surface area contributed by atoms with Gasteiger partial charge in [-0.25, -0.2) is 0 Å². The van der Waals surface area contributed by atoms with E-state index in [0.717, 1.165) is 23.6 Å². The van der Waals surface area contributed by atoms with Gasteiger partial charge in [0.25, 0.3) is 0 Å². The van der Waals surface area contributed by atoms with Crippen LogP contribution in [0.15, 0.2) is 28.7 Å². The number of rotatable bonds is 5. The lowest BCUT2D eigenvalue weighted by molar-refractivity contribution is 0.137. The van der Waals surface area contributed by atoms with Crippen molar-refractivity contribution >= 4 is 21.6 Å². The lowest BCUT2D eigenvalue weighted by Crippen LogP contribution is -2.46. The van der Waals surface area contributed by atoms with Crippen LogP contribution in [-0.2, 0) is 0 Å². The topological polar surface area (TPSA) is 18.5 Å². The van der Waals surface area contributed by atoms with E-state index >= 15 is 0 Å². The summed E-state index contributed by atoms with van der Waals surface area (Å²) >= 11 is 3.50. The molecular weight excluding hydrogens is 302 g/mol. The van der Waals surface area contributed by atoms with Gasteiger partial charge < -0.3 is 15.1 Å². The second kappa shape index (κ2) is 7.27. The van der Waals surface area contributed by atoms with Crippen molar-refractivity contribution in [2.24, 2.45) is 0 Å². The third kappa shape index (κ3) is 4.79. The van der Waals surface area contributed by atoms with E-state index in [4.69, 9.17) is 0 Å². The molecule has 0 saturated carbocycles. The van der Waals surface area contributed by atoms with E-state index in [1.54, 1.807) is 0 Å². The number of hydrogen-bond acceptors (Lipinski definition) is 3. The summed E-state index contributed by atoms with van der Waals surface area (Å²) in [7, 11) is 4.38. The van der Waals surface area contributed by atoms with E-state index in [1.165, 1.54) is 31.6 Å². The smallest absolute Gasteiger partial charge is 0.0351 e. The standard InChI is InChI=1S/C15H24BrN3/c1-18(2)15-7-4-9-19(12-15)10-8-17-14-6-3-5-13(16)11-14/h3,5-6,11,15,17H,4,7-10,12H2,1-2H3. The zero-order valence-corrected chi connectivity index (χ0v) is 13.5. The minimum Gasteiger partial charge on any atom is -0.384 e. The normalized spacial score (nSPS) is 20.7. The molecule has 1 unspecified atom stereocenters. The Balaban J connectivity index is 1.73. The van der Waals surface area contributed by atoms with Crippen molar-refractivity contribution in [3.8, 4) is 0 Å². The SMILES string of the molecule is CN(C)C1CCCN(CCNc2cccc(Br)c2)C1. The molecule has 0 radical (unpaired) electrons. The van der Waals surface area contributed by atoms with Gasteiger partial charge in [0.05, 0.1) is 0 Å². The highest BCUT2D eigenvalue weighted by atomic mass is 79.9. The highest BCUT2D eigenvalue weighted by Crippen LogP contribution is 2.16. The van der Waals surface area contributed by atoms with Crippen LogP contribution in [0.1, 0.15) is 12.8 Å². The number of benzene rings is 1. The Bertz CT molecular complexity index is 395. The Hall–Kier alpha value is -0.580. The first kappa shape index (κ1) is 14.8. The van der Waals surface area contributed by atoms with Gasteiger partial charge in [0.2, 0.25) is 0 Å². The maximum Gasteiger partial charge on any atom is 0.0351 e. The molecule has 1 aromatic carbocycles. The predicted octanol–water partition coefficient (Wildman–Crippen LogP) is 2.89. The fourth-order valence-corrected chi connectivity index (χ4v) is 3.01. The van der Waals surface area contributed by atoms with Gasteiger partial charge in [-0.1, -0.05) is 22.0 Å². The molecule has 0 aliphatic carbocycles. The quantitative estimate of drug-likeness (QED) is 0.898. The molecular formula is C15H24BrN3. The van der Waals surface area contributed by atoms with Gasteiger partial charge in [-0.2, -0.15) is 0 Å². The summed E-state index contributed by atoms with van der Waals surface area (Å²) in [5, 5.41) is 3.49. The number of anilines is 1. The Kier molecular flexibility index (Phi) is 5.67. The van der Waals surface area contributed by atoms with Gasteiger partial charge in [-0.3, -0.25) is 0 Å². The van der Waals surface area contributed by atoms with Gasteiger partial charge in [-0.05, 0) is 51.7 Å². The monoisotopic (exact) mass is 325 g/mol. The van der Waals surface area contributed by atoms with E-state index < -0.39 is 0 Å². The molecule has 0 spiro atoms. The molecule has 1 atom stereocenters. The van der Waals surface area contributed by atoms with Gasteiger partial charge in [0, 0.05) is 35.8 Å². The van der Waals surface area contributed by atoms with Gasteiger partial charge in [0.1, 0.15) is 0 Å². The summed E-state index contributed by atoms with van der Waals surface area (Å²) < 4.78 is 1.13. The largest absolute Gasteiger partial charge is 0.384 e. The molecule has 1 aliphatic rings. The average molecular weight is 326 g/mol. The Labute approximate surface area is 125 Å². The lowest BCUT2D eigenvalue weighted by atomic mass is 10.1. The van der Waals surface area contributed by atoms with Crippen molar-refractivity contribution in [2.75, 3.05) is 45.6 Å². The van der Waals surface area contributed by atoms with Crippen molar-refractivity contribution in [1.82, 2.24) is 9.80 Å². The summed E-state index contributed by atoms with van der Waals surface area (Å²) in [5.74, 6) is 0. The molecule has 0 aromatic heterocycles. The third-order valence-electron chi connectivity index (χ3n) is 3.79. The maximum absolute atomic E-state index is 3.50. The number of nitrogens with zero attached hydrogens (tertiary/aromatic N) is 2. The number of nitrogens with one attached hydrogen (secondary N) is 1. The number of hydrogen-bond donors (Lipinski definition) is 1. The summed E-state index contributed by atoms with van der Waals surface area (Å²) in [6, 6.07) is 9.08. The van der Waals surface area contributed by atoms with Gasteiger partial charge in [-0.15, -0.1) is 0 Å². The average Bonchev–Trinajstić information content (AvgIpc) is 2.39. The summed E-state index contributed by atoms with van der Waals surface area (Å²) in [6.45, 7) is 4.57. The zero-order valence-electron chi connectivity index (χ0n) is 11.9. The molecule has 0 bridgehead atoms. The highest BCUT2D eigenvalue weighted by molar-refractivity contribution is 9.10. The van der Waals surface area contributed by atoms with Crippen LogP contribution in [-0.4, -0.2) is 56.1 Å². The predicted molar refractivity (Wildman–Crippen MR) is 85.8 cm³/mol. The molecule has 1 heterocycles. The van der Waals surface area contributed by atoms with Crippen LogP contribution >= 0.6 is 15.9 Å². The molecule has 1 aliphatic heterocycles. The summed E-state index contributed by atoms with van der Waals surface area (Å²) in [4.78, 5) is 4.92.